The Hall–Kier alpha value is -4.52. The highest BCUT2D eigenvalue weighted by molar-refractivity contribution is 6.10. The number of phenols is 1. The first kappa shape index (κ1) is 34.0. The van der Waals surface area contributed by atoms with E-state index in [0.717, 1.165) is 0 Å². The number of allylic oxidation sites excluding steroid dienone is 2. The third-order valence-electron chi connectivity index (χ3n) is 6.58. The maximum atomic E-state index is 12.3. The first-order valence-corrected chi connectivity index (χ1v) is 13.9. The molecule has 3 rings (SSSR count). The zero-order valence-corrected chi connectivity index (χ0v) is 24.5. The topological polar surface area (TPSA) is 175 Å². The third kappa shape index (κ3) is 10.6. The molecule has 3 unspecified atom stereocenters. The molecular weight excluding hydrogens is 576 g/mol. The van der Waals surface area contributed by atoms with E-state index in [4.69, 9.17) is 23.7 Å². The quantitative estimate of drug-likeness (QED) is 0.116. The summed E-state index contributed by atoms with van der Waals surface area (Å²) in [6.07, 6.45) is 2.69. The van der Waals surface area contributed by atoms with E-state index in [1.165, 1.54) is 50.7 Å². The lowest BCUT2D eigenvalue weighted by Gasteiger charge is -2.31. The number of carbonyl (C=O) groups is 4. The van der Waals surface area contributed by atoms with Crippen LogP contribution in [0.4, 0.5) is 0 Å². The van der Waals surface area contributed by atoms with E-state index in [0.29, 0.717) is 17.5 Å². The van der Waals surface area contributed by atoms with E-state index in [2.05, 4.69) is 0 Å². The molecule has 2 aromatic rings. The van der Waals surface area contributed by atoms with Crippen LogP contribution in [0.2, 0.25) is 0 Å². The molecule has 1 heterocycles. The lowest BCUT2D eigenvalue weighted by atomic mass is 10.0. The van der Waals surface area contributed by atoms with Crippen molar-refractivity contribution in [1.82, 2.24) is 0 Å². The summed E-state index contributed by atoms with van der Waals surface area (Å²) in [4.78, 5) is 48.8. The standard InChI is InChI=1S/C32H36O12/c1-40-27-16-20(8-12-24(27)35)6-10-22(33)18-23(34)11-7-21-9-13-26(28(17-21)41-2)44-31(38)5-3-4-30(37)43-19-29-32(39)25(36)14-15-42-29/h6-13,16-17,25,29,32,35-36,39H,3-5,14-15,18-19H2,1-2H3/b10-6+,11-7+. The van der Waals surface area contributed by atoms with Gasteiger partial charge in [-0.25, -0.2) is 0 Å². The molecule has 12 heteroatoms. The molecule has 0 radical (unpaired) electrons. The largest absolute Gasteiger partial charge is 0.504 e. The van der Waals surface area contributed by atoms with Crippen LogP contribution in [0.15, 0.2) is 48.6 Å². The number of phenolic OH excluding ortho intramolecular Hbond substituents is 1. The van der Waals surface area contributed by atoms with E-state index >= 15 is 0 Å². The van der Waals surface area contributed by atoms with Crippen LogP contribution in [-0.4, -0.2) is 84.6 Å². The molecule has 12 nitrogen and oxygen atoms in total. The Morgan fingerprint density at radius 2 is 1.48 bits per heavy atom. The van der Waals surface area contributed by atoms with Crippen LogP contribution in [0.1, 0.15) is 43.2 Å². The molecule has 1 saturated heterocycles. The number of benzene rings is 2. The predicted molar refractivity (Wildman–Crippen MR) is 157 cm³/mol. The number of rotatable bonds is 15. The molecule has 2 aromatic carbocycles. The number of esters is 2. The van der Waals surface area contributed by atoms with Gasteiger partial charge in [0.25, 0.3) is 0 Å². The second kappa shape index (κ2) is 16.9. The molecule has 1 aliphatic heterocycles. The van der Waals surface area contributed by atoms with Crippen LogP contribution >= 0.6 is 0 Å². The van der Waals surface area contributed by atoms with E-state index in [-0.39, 0.29) is 61.9 Å². The summed E-state index contributed by atoms with van der Waals surface area (Å²) >= 11 is 0. The van der Waals surface area contributed by atoms with Gasteiger partial charge in [0.2, 0.25) is 0 Å². The summed E-state index contributed by atoms with van der Waals surface area (Å²) in [7, 11) is 2.80. The molecule has 0 aromatic heterocycles. The molecule has 44 heavy (non-hydrogen) atoms. The Morgan fingerprint density at radius 3 is 2.14 bits per heavy atom. The monoisotopic (exact) mass is 612 g/mol. The summed E-state index contributed by atoms with van der Waals surface area (Å²) in [5, 5.41) is 29.2. The van der Waals surface area contributed by atoms with Gasteiger partial charge in [0.05, 0.1) is 26.7 Å². The summed E-state index contributed by atoms with van der Waals surface area (Å²) in [6, 6.07) is 9.26. The fourth-order valence-electron chi connectivity index (χ4n) is 4.14. The first-order chi connectivity index (χ1) is 21.1. The number of methoxy groups -OCH3 is 2. The minimum Gasteiger partial charge on any atom is -0.504 e. The van der Waals surface area contributed by atoms with E-state index in [1.54, 1.807) is 24.3 Å². The first-order valence-electron chi connectivity index (χ1n) is 13.9. The molecule has 236 valence electrons. The number of ketones is 2. The van der Waals surface area contributed by atoms with Crippen LogP contribution in [0.3, 0.4) is 0 Å². The Labute approximate surface area is 254 Å². The number of aromatic hydroxyl groups is 1. The Balaban J connectivity index is 1.43. The predicted octanol–water partition coefficient (Wildman–Crippen LogP) is 2.79. The van der Waals surface area contributed by atoms with Crippen molar-refractivity contribution in [3.8, 4) is 23.0 Å². The van der Waals surface area contributed by atoms with E-state index < -0.39 is 41.8 Å². The highest BCUT2D eigenvalue weighted by atomic mass is 16.6. The van der Waals surface area contributed by atoms with Crippen LogP contribution in [-0.2, 0) is 28.7 Å². The van der Waals surface area contributed by atoms with Crippen LogP contribution in [0.5, 0.6) is 23.0 Å². The highest BCUT2D eigenvalue weighted by Crippen LogP contribution is 2.29. The third-order valence-corrected chi connectivity index (χ3v) is 6.58. The number of ether oxygens (including phenoxy) is 5. The Kier molecular flexibility index (Phi) is 13.1. The number of aliphatic hydroxyl groups excluding tert-OH is 2. The normalized spacial score (nSPS) is 18.2. The zero-order valence-electron chi connectivity index (χ0n) is 24.5. The van der Waals surface area contributed by atoms with Gasteiger partial charge in [0.1, 0.15) is 18.8 Å². The molecular formula is C32H36O12. The number of carbonyl (C=O) groups excluding carboxylic acids is 4. The average Bonchev–Trinajstić information content (AvgIpc) is 3.00. The van der Waals surface area contributed by atoms with Gasteiger partial charge in [-0.2, -0.15) is 0 Å². The Morgan fingerprint density at radius 1 is 0.864 bits per heavy atom. The minimum atomic E-state index is -1.13. The molecule has 1 fully saturated rings. The van der Waals surface area contributed by atoms with E-state index in [1.807, 2.05) is 0 Å². The number of aliphatic hydroxyl groups is 2. The van der Waals surface area contributed by atoms with Gasteiger partial charge in [0, 0.05) is 19.4 Å². The molecule has 3 atom stereocenters. The van der Waals surface area contributed by atoms with Gasteiger partial charge in [-0.3, -0.25) is 19.2 Å². The van der Waals surface area contributed by atoms with Crippen molar-refractivity contribution < 1.29 is 58.2 Å². The fourth-order valence-corrected chi connectivity index (χ4v) is 4.14. The summed E-state index contributed by atoms with van der Waals surface area (Å²) < 4.78 is 26.1. The van der Waals surface area contributed by atoms with Gasteiger partial charge in [-0.05, 0) is 60.4 Å². The van der Waals surface area contributed by atoms with Crippen LogP contribution in [0, 0.1) is 0 Å². The second-order valence-corrected chi connectivity index (χ2v) is 9.88. The second-order valence-electron chi connectivity index (χ2n) is 9.88. The Bertz CT molecular complexity index is 1380. The van der Waals surface area contributed by atoms with Crippen molar-refractivity contribution >= 4 is 35.7 Å². The zero-order chi connectivity index (χ0) is 32.1. The summed E-state index contributed by atoms with van der Waals surface area (Å²) in [6.45, 7) is 0.0557. The van der Waals surface area contributed by atoms with E-state index in [9.17, 15) is 34.5 Å². The van der Waals surface area contributed by atoms with Gasteiger partial charge in [0.15, 0.2) is 34.6 Å². The fraction of sp³-hybridized carbons (Fsp3) is 0.375. The molecule has 0 spiro atoms. The number of hydrogen-bond donors (Lipinski definition) is 3. The van der Waals surface area contributed by atoms with Crippen molar-refractivity contribution in [2.45, 2.75) is 50.4 Å². The van der Waals surface area contributed by atoms with Crippen molar-refractivity contribution in [2.75, 3.05) is 27.4 Å². The lowest BCUT2D eigenvalue weighted by Crippen LogP contribution is -2.47. The molecule has 1 aliphatic rings. The van der Waals surface area contributed by atoms with Crippen molar-refractivity contribution in [1.29, 1.82) is 0 Å². The van der Waals surface area contributed by atoms with Gasteiger partial charge < -0.3 is 39.0 Å². The van der Waals surface area contributed by atoms with Gasteiger partial charge in [-0.1, -0.05) is 24.3 Å². The van der Waals surface area contributed by atoms with Crippen LogP contribution in [0.25, 0.3) is 12.2 Å². The smallest absolute Gasteiger partial charge is 0.311 e. The summed E-state index contributed by atoms with van der Waals surface area (Å²) in [5.41, 5.74) is 1.19. The molecule has 0 aliphatic carbocycles. The SMILES string of the molecule is COc1cc(/C=C/C(=O)CC(=O)/C=C/c2ccc(OC(=O)CCCC(=O)OCC3OCCC(O)C3O)c(OC)c2)ccc1O. The molecule has 0 bridgehead atoms. The molecule has 3 N–H and O–H groups in total. The maximum absolute atomic E-state index is 12.3. The molecule has 0 saturated carbocycles. The van der Waals surface area contributed by atoms with Gasteiger partial charge >= 0.3 is 11.9 Å². The highest BCUT2D eigenvalue weighted by Gasteiger charge is 2.32. The lowest BCUT2D eigenvalue weighted by molar-refractivity contribution is -0.169. The number of hydrogen-bond acceptors (Lipinski definition) is 12. The van der Waals surface area contributed by atoms with Crippen LogP contribution < -0.4 is 14.2 Å². The van der Waals surface area contributed by atoms with Crippen molar-refractivity contribution in [3.05, 3.63) is 59.7 Å². The van der Waals surface area contributed by atoms with Gasteiger partial charge in [-0.15, -0.1) is 0 Å². The van der Waals surface area contributed by atoms with Crippen molar-refractivity contribution in [2.24, 2.45) is 0 Å². The molecule has 0 amide bonds. The minimum absolute atomic E-state index is 0.0264. The summed E-state index contributed by atoms with van der Waals surface area (Å²) in [5.74, 6) is -1.37. The maximum Gasteiger partial charge on any atom is 0.311 e. The average molecular weight is 613 g/mol. The van der Waals surface area contributed by atoms with Crippen molar-refractivity contribution in [3.63, 3.8) is 0 Å².